The summed E-state index contributed by atoms with van der Waals surface area (Å²) in [6.45, 7) is 4.38. The number of benzene rings is 1. The van der Waals surface area contributed by atoms with Gasteiger partial charge in [0.1, 0.15) is 16.5 Å². The molecule has 9 nitrogen and oxygen atoms in total. The number of nitrogens with zero attached hydrogens (tertiary/aromatic N) is 3. The van der Waals surface area contributed by atoms with Gasteiger partial charge in [0.05, 0.1) is 16.2 Å². The minimum absolute atomic E-state index is 0.00547. The summed E-state index contributed by atoms with van der Waals surface area (Å²) in [4.78, 5) is 27.5. The fraction of sp³-hybridized carbons (Fsp3) is 0.250. The van der Waals surface area contributed by atoms with E-state index in [1.165, 1.54) is 17.8 Å². The van der Waals surface area contributed by atoms with Gasteiger partial charge in [0.25, 0.3) is 11.6 Å². The summed E-state index contributed by atoms with van der Waals surface area (Å²) in [6, 6.07) is 9.80. The van der Waals surface area contributed by atoms with Gasteiger partial charge < -0.3 is 15.2 Å². The van der Waals surface area contributed by atoms with Gasteiger partial charge in [-0.05, 0) is 32.0 Å². The normalized spacial score (nSPS) is 10.6. The van der Waals surface area contributed by atoms with E-state index >= 15 is 0 Å². The molecule has 0 saturated carbocycles. The van der Waals surface area contributed by atoms with Gasteiger partial charge in [-0.2, -0.15) is 0 Å². The second-order valence-corrected chi connectivity index (χ2v) is 7.37. The van der Waals surface area contributed by atoms with Gasteiger partial charge in [-0.3, -0.25) is 14.9 Å². The van der Waals surface area contributed by atoms with Crippen LogP contribution in [-0.4, -0.2) is 34.1 Å². The summed E-state index contributed by atoms with van der Waals surface area (Å²) in [5.74, 6) is 1.09. The zero-order chi connectivity index (χ0) is 21.5. The third kappa shape index (κ3) is 5.15. The Morgan fingerprint density at radius 1 is 1.20 bits per heavy atom. The highest BCUT2D eigenvalue weighted by Gasteiger charge is 2.16. The summed E-state index contributed by atoms with van der Waals surface area (Å²) in [7, 11) is 0. The lowest BCUT2D eigenvalue weighted by Gasteiger charge is -2.10. The molecule has 2 N–H and O–H groups in total. The lowest BCUT2D eigenvalue weighted by Crippen LogP contribution is -2.29. The average Bonchev–Trinajstić information content (AvgIpc) is 3.07. The van der Waals surface area contributed by atoms with Gasteiger partial charge in [0, 0.05) is 36.7 Å². The number of hydrogen-bond donors (Lipinski definition) is 2. The topological polar surface area (TPSA) is 123 Å². The van der Waals surface area contributed by atoms with Crippen LogP contribution in [0.1, 0.15) is 27.4 Å². The first-order valence-corrected chi connectivity index (χ1v) is 10.2. The molecule has 30 heavy (non-hydrogen) atoms. The van der Waals surface area contributed by atoms with E-state index in [4.69, 9.17) is 4.52 Å². The Bertz CT molecular complexity index is 1030. The van der Waals surface area contributed by atoms with Gasteiger partial charge in [0.2, 0.25) is 0 Å². The number of carbonyl (C=O) groups excluding carboxylic acids is 1. The molecular weight excluding hydrogens is 406 g/mol. The van der Waals surface area contributed by atoms with E-state index in [1.807, 2.05) is 13.8 Å². The molecule has 156 valence electrons. The molecule has 0 radical (unpaired) electrons. The molecule has 0 aliphatic rings. The Kier molecular flexibility index (Phi) is 7.02. The number of para-hydroxylation sites is 2. The average molecular weight is 427 g/mol. The van der Waals surface area contributed by atoms with Crippen LogP contribution in [0.5, 0.6) is 0 Å². The zero-order valence-corrected chi connectivity index (χ0v) is 17.4. The first kappa shape index (κ1) is 21.3. The Morgan fingerprint density at radius 3 is 2.73 bits per heavy atom. The second-order valence-electron chi connectivity index (χ2n) is 6.40. The predicted molar refractivity (Wildman–Crippen MR) is 114 cm³/mol. The Labute approximate surface area is 177 Å². The fourth-order valence-electron chi connectivity index (χ4n) is 2.78. The zero-order valence-electron chi connectivity index (χ0n) is 16.5. The first-order chi connectivity index (χ1) is 14.5. The largest absolute Gasteiger partial charge is 0.378 e. The number of rotatable bonds is 9. The summed E-state index contributed by atoms with van der Waals surface area (Å²) >= 11 is 1.44. The van der Waals surface area contributed by atoms with Crippen molar-refractivity contribution in [2.24, 2.45) is 0 Å². The number of anilines is 1. The van der Waals surface area contributed by atoms with Crippen LogP contribution in [0.3, 0.4) is 0 Å². The molecule has 2 aromatic heterocycles. The smallest absolute Gasteiger partial charge is 0.292 e. The number of aryl methyl sites for hydroxylation is 2. The number of pyridine rings is 1. The van der Waals surface area contributed by atoms with Crippen molar-refractivity contribution in [2.75, 3.05) is 18.4 Å². The molecule has 1 amide bonds. The van der Waals surface area contributed by atoms with Crippen molar-refractivity contribution in [3.63, 3.8) is 0 Å². The molecule has 0 spiro atoms. The number of hydrogen-bond acceptors (Lipinski definition) is 8. The van der Waals surface area contributed by atoms with E-state index < -0.39 is 4.92 Å². The van der Waals surface area contributed by atoms with Gasteiger partial charge in [0.15, 0.2) is 0 Å². The SMILES string of the molecule is Cc1noc(C)c1CSc1ncccc1C(=O)NCCNc1ccccc1[N+](=O)[O-]. The molecule has 0 unspecified atom stereocenters. The van der Waals surface area contributed by atoms with E-state index in [0.717, 1.165) is 17.0 Å². The standard InChI is InChI=1S/C20H21N5O4S/c1-13-16(14(2)29-24-13)12-30-20-15(6-5-9-23-20)19(26)22-11-10-21-17-7-3-4-8-18(17)25(27)28/h3-9,21H,10-12H2,1-2H3,(H,22,26). The van der Waals surface area contributed by atoms with E-state index in [-0.39, 0.29) is 11.6 Å². The van der Waals surface area contributed by atoms with Crippen molar-refractivity contribution in [1.29, 1.82) is 0 Å². The minimum Gasteiger partial charge on any atom is -0.378 e. The molecule has 10 heteroatoms. The molecule has 0 bridgehead atoms. The predicted octanol–water partition coefficient (Wildman–Crippen LogP) is 3.73. The quantitative estimate of drug-likeness (QED) is 0.229. The van der Waals surface area contributed by atoms with E-state index in [2.05, 4.69) is 20.8 Å². The molecule has 3 rings (SSSR count). The molecule has 0 aliphatic heterocycles. The van der Waals surface area contributed by atoms with Crippen molar-refractivity contribution in [3.8, 4) is 0 Å². The molecule has 0 atom stereocenters. The maximum Gasteiger partial charge on any atom is 0.292 e. The van der Waals surface area contributed by atoms with Crippen molar-refractivity contribution >= 4 is 29.0 Å². The second kappa shape index (κ2) is 9.88. The van der Waals surface area contributed by atoms with Crippen LogP contribution in [0, 0.1) is 24.0 Å². The fourth-order valence-corrected chi connectivity index (χ4v) is 3.92. The van der Waals surface area contributed by atoms with Crippen LogP contribution in [0.15, 0.2) is 52.1 Å². The molecule has 0 fully saturated rings. The maximum atomic E-state index is 12.6. The van der Waals surface area contributed by atoms with Gasteiger partial charge in [-0.1, -0.05) is 17.3 Å². The highest BCUT2D eigenvalue weighted by molar-refractivity contribution is 7.98. The van der Waals surface area contributed by atoms with Crippen molar-refractivity contribution in [2.45, 2.75) is 24.6 Å². The van der Waals surface area contributed by atoms with Gasteiger partial charge in [-0.25, -0.2) is 4.98 Å². The Hall–Kier alpha value is -3.40. The number of aromatic nitrogens is 2. The number of nitro groups is 1. The van der Waals surface area contributed by atoms with Crippen LogP contribution >= 0.6 is 11.8 Å². The maximum absolute atomic E-state index is 12.6. The van der Waals surface area contributed by atoms with Crippen LogP contribution in [0.2, 0.25) is 0 Å². The number of carbonyl (C=O) groups is 1. The van der Waals surface area contributed by atoms with Crippen LogP contribution in [0.25, 0.3) is 0 Å². The highest BCUT2D eigenvalue weighted by atomic mass is 32.2. The Morgan fingerprint density at radius 2 is 2.00 bits per heavy atom. The minimum atomic E-state index is -0.445. The molecule has 2 heterocycles. The van der Waals surface area contributed by atoms with E-state index in [0.29, 0.717) is 35.1 Å². The molecular formula is C20H21N5O4S. The van der Waals surface area contributed by atoms with Crippen molar-refractivity contribution < 1.29 is 14.2 Å². The van der Waals surface area contributed by atoms with Crippen molar-refractivity contribution in [3.05, 3.63) is 75.3 Å². The molecule has 0 saturated heterocycles. The number of thioether (sulfide) groups is 1. The van der Waals surface area contributed by atoms with Gasteiger partial charge in [-0.15, -0.1) is 11.8 Å². The lowest BCUT2D eigenvalue weighted by atomic mass is 10.2. The van der Waals surface area contributed by atoms with E-state index in [9.17, 15) is 14.9 Å². The monoisotopic (exact) mass is 427 g/mol. The number of amides is 1. The van der Waals surface area contributed by atoms with Crippen LogP contribution in [0.4, 0.5) is 11.4 Å². The van der Waals surface area contributed by atoms with Crippen LogP contribution in [-0.2, 0) is 5.75 Å². The molecule has 3 aromatic rings. The molecule has 0 aliphatic carbocycles. The summed E-state index contributed by atoms with van der Waals surface area (Å²) < 4.78 is 5.17. The first-order valence-electron chi connectivity index (χ1n) is 9.22. The molecule has 1 aromatic carbocycles. The highest BCUT2D eigenvalue weighted by Crippen LogP contribution is 2.27. The van der Waals surface area contributed by atoms with Gasteiger partial charge >= 0.3 is 0 Å². The summed E-state index contributed by atoms with van der Waals surface area (Å²) in [6.07, 6.45) is 1.64. The number of nitro benzene ring substituents is 1. The Balaban J connectivity index is 1.57. The lowest BCUT2D eigenvalue weighted by molar-refractivity contribution is -0.384. The third-order valence-corrected chi connectivity index (χ3v) is 5.41. The third-order valence-electron chi connectivity index (χ3n) is 4.38. The summed E-state index contributed by atoms with van der Waals surface area (Å²) in [5.41, 5.74) is 2.69. The van der Waals surface area contributed by atoms with Crippen molar-refractivity contribution in [1.82, 2.24) is 15.5 Å². The van der Waals surface area contributed by atoms with Crippen LogP contribution < -0.4 is 10.6 Å². The number of nitrogens with one attached hydrogen (secondary N) is 2. The summed E-state index contributed by atoms with van der Waals surface area (Å²) in [5, 5.41) is 21.4. The van der Waals surface area contributed by atoms with E-state index in [1.54, 1.807) is 36.5 Å².